The highest BCUT2D eigenvalue weighted by molar-refractivity contribution is 5.49. The molecule has 1 atom stereocenters. The van der Waals surface area contributed by atoms with Gasteiger partial charge in [0, 0.05) is 19.3 Å². The molecule has 0 amide bonds. The maximum Gasteiger partial charge on any atom is 0.125 e. The Morgan fingerprint density at radius 2 is 2.12 bits per heavy atom. The molecule has 0 saturated heterocycles. The Morgan fingerprint density at radius 1 is 1.47 bits per heavy atom. The summed E-state index contributed by atoms with van der Waals surface area (Å²) in [5.74, 6) is -0.199. The smallest absolute Gasteiger partial charge is 0.125 e. The van der Waals surface area contributed by atoms with Crippen LogP contribution >= 0.6 is 0 Å². The second-order valence-electron chi connectivity index (χ2n) is 5.58. The molecule has 2 N–H and O–H groups in total. The Labute approximate surface area is 103 Å². The molecule has 0 radical (unpaired) electrons. The Bertz CT molecular complexity index is 414. The topological polar surface area (TPSA) is 29.3 Å². The van der Waals surface area contributed by atoms with Gasteiger partial charge in [-0.3, -0.25) is 0 Å². The van der Waals surface area contributed by atoms with E-state index in [1.807, 2.05) is 13.1 Å². The van der Waals surface area contributed by atoms with Crippen LogP contribution in [0, 0.1) is 11.2 Å². The molecule has 1 aliphatic carbocycles. The number of benzene rings is 1. The van der Waals surface area contributed by atoms with Gasteiger partial charge in [-0.05, 0) is 43.4 Å². The Kier molecular flexibility index (Phi) is 2.90. The lowest BCUT2D eigenvalue weighted by molar-refractivity contribution is 0.289. The van der Waals surface area contributed by atoms with Crippen molar-refractivity contribution in [3.05, 3.63) is 30.1 Å². The van der Waals surface area contributed by atoms with Crippen LogP contribution in [0.4, 0.5) is 10.1 Å². The average molecular weight is 236 g/mol. The third-order valence-electron chi connectivity index (χ3n) is 4.63. The van der Waals surface area contributed by atoms with E-state index in [-0.39, 0.29) is 16.8 Å². The number of anilines is 1. The fraction of sp³-hybridized carbons (Fsp3) is 0.571. The summed E-state index contributed by atoms with van der Waals surface area (Å²) in [5.41, 5.74) is 7.01. The predicted molar refractivity (Wildman–Crippen MR) is 69.6 cm³/mol. The van der Waals surface area contributed by atoms with Crippen molar-refractivity contribution in [3.63, 3.8) is 0 Å². The highest BCUT2D eigenvalue weighted by atomic mass is 19.1. The minimum Gasteiger partial charge on any atom is -0.367 e. The fourth-order valence-corrected chi connectivity index (χ4v) is 2.48. The summed E-state index contributed by atoms with van der Waals surface area (Å²) < 4.78 is 13.3. The second-order valence-corrected chi connectivity index (χ2v) is 5.58. The standard InChI is InChI=1S/C14H21FN2/c1-13(7-8-13)14(2,10-16)17(3)12-6-4-5-11(15)9-12/h4-6,9H,7-8,10,16H2,1-3H3. The second kappa shape index (κ2) is 3.98. The third kappa shape index (κ3) is 1.93. The molecule has 0 aliphatic heterocycles. The van der Waals surface area contributed by atoms with Gasteiger partial charge in [0.15, 0.2) is 0 Å². The van der Waals surface area contributed by atoms with E-state index >= 15 is 0 Å². The van der Waals surface area contributed by atoms with E-state index in [1.54, 1.807) is 12.1 Å². The van der Waals surface area contributed by atoms with E-state index in [2.05, 4.69) is 18.7 Å². The molecular weight excluding hydrogens is 215 g/mol. The van der Waals surface area contributed by atoms with E-state index in [9.17, 15) is 4.39 Å². The molecular formula is C14H21FN2. The minimum absolute atomic E-state index is 0.110. The number of hydrogen-bond acceptors (Lipinski definition) is 2. The lowest BCUT2D eigenvalue weighted by atomic mass is 9.82. The predicted octanol–water partition coefficient (Wildman–Crippen LogP) is 2.78. The molecule has 1 fully saturated rings. The molecule has 1 unspecified atom stereocenters. The number of halogens is 1. The first-order valence-electron chi connectivity index (χ1n) is 6.12. The van der Waals surface area contributed by atoms with Crippen LogP contribution in [0.15, 0.2) is 24.3 Å². The highest BCUT2D eigenvalue weighted by Crippen LogP contribution is 2.55. The van der Waals surface area contributed by atoms with Crippen LogP contribution in [0.2, 0.25) is 0 Å². The first-order chi connectivity index (χ1) is 7.93. The Hall–Kier alpha value is -1.09. The van der Waals surface area contributed by atoms with E-state index in [4.69, 9.17) is 5.73 Å². The molecule has 3 heteroatoms. The minimum atomic E-state index is -0.199. The van der Waals surface area contributed by atoms with Crippen LogP contribution < -0.4 is 10.6 Å². The van der Waals surface area contributed by atoms with Gasteiger partial charge in [-0.25, -0.2) is 4.39 Å². The monoisotopic (exact) mass is 236 g/mol. The molecule has 0 aromatic heterocycles. The van der Waals surface area contributed by atoms with Crippen LogP contribution in [0.25, 0.3) is 0 Å². The van der Waals surface area contributed by atoms with Crippen molar-refractivity contribution in [3.8, 4) is 0 Å². The molecule has 0 bridgehead atoms. The van der Waals surface area contributed by atoms with Crippen LogP contribution in [-0.4, -0.2) is 19.1 Å². The molecule has 0 spiro atoms. The number of rotatable bonds is 4. The molecule has 1 aliphatic rings. The van der Waals surface area contributed by atoms with Crippen molar-refractivity contribution in [1.82, 2.24) is 0 Å². The van der Waals surface area contributed by atoms with Crippen LogP contribution in [0.1, 0.15) is 26.7 Å². The fourth-order valence-electron chi connectivity index (χ4n) is 2.48. The number of likely N-dealkylation sites (N-methyl/N-ethyl adjacent to an activating group) is 1. The maximum absolute atomic E-state index is 13.3. The quantitative estimate of drug-likeness (QED) is 0.871. The van der Waals surface area contributed by atoms with Crippen molar-refractivity contribution in [2.45, 2.75) is 32.2 Å². The largest absolute Gasteiger partial charge is 0.367 e. The Balaban J connectivity index is 2.32. The van der Waals surface area contributed by atoms with Gasteiger partial charge in [0.1, 0.15) is 5.82 Å². The third-order valence-corrected chi connectivity index (χ3v) is 4.63. The Morgan fingerprint density at radius 3 is 2.59 bits per heavy atom. The number of nitrogens with zero attached hydrogens (tertiary/aromatic N) is 1. The SMILES string of the molecule is CN(c1cccc(F)c1)C(C)(CN)C1(C)CC1. The molecule has 2 rings (SSSR count). The zero-order valence-electron chi connectivity index (χ0n) is 10.8. The molecule has 17 heavy (non-hydrogen) atoms. The van der Waals surface area contributed by atoms with Gasteiger partial charge in [0.2, 0.25) is 0 Å². The van der Waals surface area contributed by atoms with Gasteiger partial charge < -0.3 is 10.6 Å². The van der Waals surface area contributed by atoms with E-state index in [0.717, 1.165) is 5.69 Å². The number of hydrogen-bond donors (Lipinski definition) is 1. The van der Waals surface area contributed by atoms with Crippen LogP contribution in [0.5, 0.6) is 0 Å². The molecule has 94 valence electrons. The first kappa shape index (κ1) is 12.4. The summed E-state index contributed by atoms with van der Waals surface area (Å²) in [6.07, 6.45) is 2.39. The van der Waals surface area contributed by atoms with Crippen molar-refractivity contribution < 1.29 is 4.39 Å². The zero-order valence-corrected chi connectivity index (χ0v) is 10.8. The van der Waals surface area contributed by atoms with Crippen LogP contribution in [-0.2, 0) is 0 Å². The van der Waals surface area contributed by atoms with Gasteiger partial charge in [0.25, 0.3) is 0 Å². The maximum atomic E-state index is 13.3. The lowest BCUT2D eigenvalue weighted by Gasteiger charge is -2.45. The van der Waals surface area contributed by atoms with Crippen molar-refractivity contribution in [2.75, 3.05) is 18.5 Å². The van der Waals surface area contributed by atoms with Gasteiger partial charge in [-0.15, -0.1) is 0 Å². The summed E-state index contributed by atoms with van der Waals surface area (Å²) >= 11 is 0. The summed E-state index contributed by atoms with van der Waals surface area (Å²) in [4.78, 5) is 2.13. The van der Waals surface area contributed by atoms with Gasteiger partial charge in [-0.1, -0.05) is 13.0 Å². The summed E-state index contributed by atoms with van der Waals surface area (Å²) in [7, 11) is 2.01. The number of nitrogens with two attached hydrogens (primary N) is 1. The highest BCUT2D eigenvalue weighted by Gasteiger charge is 2.54. The van der Waals surface area contributed by atoms with Gasteiger partial charge in [0.05, 0.1) is 5.54 Å². The molecule has 1 saturated carbocycles. The van der Waals surface area contributed by atoms with Gasteiger partial charge >= 0.3 is 0 Å². The summed E-state index contributed by atoms with van der Waals surface area (Å²) in [5, 5.41) is 0. The molecule has 0 heterocycles. The molecule has 1 aromatic rings. The van der Waals surface area contributed by atoms with Crippen LogP contribution in [0.3, 0.4) is 0 Å². The normalized spacial score (nSPS) is 20.8. The van der Waals surface area contributed by atoms with E-state index < -0.39 is 0 Å². The van der Waals surface area contributed by atoms with Crippen molar-refractivity contribution in [1.29, 1.82) is 0 Å². The molecule has 1 aromatic carbocycles. The first-order valence-corrected chi connectivity index (χ1v) is 6.12. The van der Waals surface area contributed by atoms with Crippen molar-refractivity contribution in [2.24, 2.45) is 11.1 Å². The van der Waals surface area contributed by atoms with E-state index in [0.29, 0.717) is 6.54 Å². The van der Waals surface area contributed by atoms with Gasteiger partial charge in [-0.2, -0.15) is 0 Å². The zero-order chi connectivity index (χ0) is 12.7. The van der Waals surface area contributed by atoms with E-state index in [1.165, 1.54) is 18.9 Å². The van der Waals surface area contributed by atoms with Crippen molar-refractivity contribution >= 4 is 5.69 Å². The summed E-state index contributed by atoms with van der Waals surface area (Å²) in [6, 6.07) is 6.71. The average Bonchev–Trinajstić information content (AvgIpc) is 3.07. The summed E-state index contributed by atoms with van der Waals surface area (Å²) in [6.45, 7) is 5.01. The molecule has 2 nitrogen and oxygen atoms in total. The lowest BCUT2D eigenvalue weighted by Crippen LogP contribution is -2.55.